The van der Waals surface area contributed by atoms with Crippen molar-refractivity contribution in [3.8, 4) is 5.88 Å². The molecule has 13 nitrogen and oxygen atoms in total. The molecular weight excluding hydrogens is 608 g/mol. The molecule has 1 amide bonds. The van der Waals surface area contributed by atoms with E-state index in [1.54, 1.807) is 17.7 Å². The molecule has 1 fully saturated rings. The molecule has 6 rings (SSSR count). The maximum Gasteiger partial charge on any atom is 0.285 e. The standard InChI is InChI=1S/C29H33ClN8O5S/c1-16-13-19(17(2)31-21-5-6-23(30)32-26(21)27(39)35-44(4,41)42)25-20(14-16)28(40)36(3)29(33-25)37-9-7-18(8-10-37)22-15-24-38(34-22)11-12-43-24/h5-6,13-15,17-18,31H,7-12H2,1-4H3,(H,35,39)/t17-/m1/s1. The van der Waals surface area contributed by atoms with E-state index in [2.05, 4.69) is 15.2 Å². The summed E-state index contributed by atoms with van der Waals surface area (Å²) in [5, 5.41) is 8.49. The molecule has 5 heterocycles. The normalized spacial score (nSPS) is 16.1. The van der Waals surface area contributed by atoms with Crippen LogP contribution in [0.3, 0.4) is 0 Å². The van der Waals surface area contributed by atoms with E-state index < -0.39 is 22.0 Å². The molecule has 0 aliphatic carbocycles. The van der Waals surface area contributed by atoms with E-state index in [4.69, 9.17) is 26.4 Å². The van der Waals surface area contributed by atoms with E-state index >= 15 is 0 Å². The number of carbonyl (C=O) groups excluding carboxylic acids is 1. The Labute approximate surface area is 259 Å². The zero-order valence-corrected chi connectivity index (χ0v) is 26.4. The molecule has 4 aromatic rings. The second-order valence-electron chi connectivity index (χ2n) is 11.4. The van der Waals surface area contributed by atoms with Crippen LogP contribution in [-0.2, 0) is 23.6 Å². The number of piperidine rings is 1. The molecule has 15 heteroatoms. The van der Waals surface area contributed by atoms with Gasteiger partial charge < -0.3 is 15.0 Å². The number of hydrogen-bond acceptors (Lipinski definition) is 10. The van der Waals surface area contributed by atoms with Gasteiger partial charge in [-0.25, -0.2) is 27.8 Å². The van der Waals surface area contributed by atoms with Crippen molar-refractivity contribution in [2.45, 2.75) is 45.2 Å². The van der Waals surface area contributed by atoms with Gasteiger partial charge in [0.05, 0.1) is 41.1 Å². The van der Waals surface area contributed by atoms with Gasteiger partial charge in [-0.3, -0.25) is 14.2 Å². The molecule has 0 unspecified atom stereocenters. The zero-order chi connectivity index (χ0) is 31.3. The number of fused-ring (bicyclic) bond motifs is 2. The van der Waals surface area contributed by atoms with E-state index in [1.807, 2.05) is 41.5 Å². The van der Waals surface area contributed by atoms with Crippen molar-refractivity contribution in [1.29, 1.82) is 0 Å². The summed E-state index contributed by atoms with van der Waals surface area (Å²) < 4.78 is 34.5. The number of pyridine rings is 1. The number of carbonyl (C=O) groups is 1. The third-order valence-electron chi connectivity index (χ3n) is 8.03. The fourth-order valence-electron chi connectivity index (χ4n) is 5.91. The summed E-state index contributed by atoms with van der Waals surface area (Å²) in [7, 11) is -2.09. The lowest BCUT2D eigenvalue weighted by atomic mass is 9.94. The molecule has 44 heavy (non-hydrogen) atoms. The minimum absolute atomic E-state index is 0.0341. The lowest BCUT2D eigenvalue weighted by Gasteiger charge is -2.33. The number of nitrogens with one attached hydrogen (secondary N) is 2. The second kappa shape index (κ2) is 11.4. The monoisotopic (exact) mass is 640 g/mol. The molecule has 0 saturated carbocycles. The van der Waals surface area contributed by atoms with Gasteiger partial charge >= 0.3 is 0 Å². The molecule has 1 aromatic carbocycles. The van der Waals surface area contributed by atoms with E-state index in [0.717, 1.165) is 48.3 Å². The van der Waals surface area contributed by atoms with Crippen LogP contribution >= 0.6 is 11.6 Å². The molecular formula is C29H33ClN8O5S. The molecule has 2 aliphatic rings. The lowest BCUT2D eigenvalue weighted by molar-refractivity contribution is 0.0977. The van der Waals surface area contributed by atoms with E-state index in [1.165, 1.54) is 6.07 Å². The summed E-state index contributed by atoms with van der Waals surface area (Å²) in [6, 6.07) is 8.42. The number of aromatic nitrogens is 5. The van der Waals surface area contributed by atoms with Crippen LogP contribution in [0.1, 0.15) is 59.0 Å². The van der Waals surface area contributed by atoms with Crippen LogP contribution in [0.15, 0.2) is 35.1 Å². The Kier molecular flexibility index (Phi) is 7.74. The van der Waals surface area contributed by atoms with Gasteiger partial charge in [-0.05, 0) is 50.5 Å². The minimum atomic E-state index is -3.83. The molecule has 2 N–H and O–H groups in total. The quantitative estimate of drug-likeness (QED) is 0.288. The van der Waals surface area contributed by atoms with Gasteiger partial charge in [0.15, 0.2) is 5.69 Å². The van der Waals surface area contributed by atoms with Crippen molar-refractivity contribution in [3.63, 3.8) is 0 Å². The Balaban J connectivity index is 1.30. The fraction of sp³-hybridized carbons (Fsp3) is 0.414. The average Bonchev–Trinajstić information content (AvgIpc) is 3.58. The van der Waals surface area contributed by atoms with Crippen LogP contribution in [-0.4, -0.2) is 64.6 Å². The molecule has 2 aliphatic heterocycles. The maximum absolute atomic E-state index is 13.7. The molecule has 0 bridgehead atoms. The van der Waals surface area contributed by atoms with Crippen molar-refractivity contribution < 1.29 is 17.9 Å². The van der Waals surface area contributed by atoms with E-state index in [0.29, 0.717) is 42.5 Å². The number of halogens is 1. The highest BCUT2D eigenvalue weighted by atomic mass is 35.5. The first kappa shape index (κ1) is 29.9. The first-order valence-corrected chi connectivity index (χ1v) is 16.6. The predicted molar refractivity (Wildman–Crippen MR) is 167 cm³/mol. The summed E-state index contributed by atoms with van der Waals surface area (Å²) in [6.45, 7) is 6.63. The smallest absolute Gasteiger partial charge is 0.285 e. The Morgan fingerprint density at radius 2 is 1.89 bits per heavy atom. The summed E-state index contributed by atoms with van der Waals surface area (Å²) in [4.78, 5) is 37.7. The summed E-state index contributed by atoms with van der Waals surface area (Å²) in [5.74, 6) is 0.790. The van der Waals surface area contributed by atoms with Gasteiger partial charge in [0, 0.05) is 37.7 Å². The Morgan fingerprint density at radius 1 is 1.14 bits per heavy atom. The lowest BCUT2D eigenvalue weighted by Crippen LogP contribution is -2.38. The molecule has 0 spiro atoms. The Morgan fingerprint density at radius 3 is 2.59 bits per heavy atom. The van der Waals surface area contributed by atoms with Crippen LogP contribution < -0.4 is 25.2 Å². The number of nitrogens with zero attached hydrogens (tertiary/aromatic N) is 6. The van der Waals surface area contributed by atoms with Crippen LogP contribution in [0.25, 0.3) is 10.9 Å². The van der Waals surface area contributed by atoms with E-state index in [-0.39, 0.29) is 22.1 Å². The van der Waals surface area contributed by atoms with Crippen molar-refractivity contribution in [3.05, 3.63) is 68.4 Å². The molecule has 1 saturated heterocycles. The number of rotatable bonds is 7. The molecule has 232 valence electrons. The summed E-state index contributed by atoms with van der Waals surface area (Å²) >= 11 is 6.04. The second-order valence-corrected chi connectivity index (χ2v) is 13.5. The molecule has 1 atom stereocenters. The Hall–Kier alpha value is -4.17. The first-order chi connectivity index (χ1) is 20.9. The van der Waals surface area contributed by atoms with Gasteiger partial charge in [-0.1, -0.05) is 17.7 Å². The van der Waals surface area contributed by atoms with Crippen molar-refractivity contribution in [1.82, 2.24) is 29.0 Å². The number of hydrogen-bond donors (Lipinski definition) is 2. The maximum atomic E-state index is 13.7. The van der Waals surface area contributed by atoms with Crippen molar-refractivity contribution in [2.75, 3.05) is 36.2 Å². The number of anilines is 2. The number of sulfonamides is 1. The number of amides is 1. The molecule has 0 radical (unpaired) electrons. The van der Waals surface area contributed by atoms with E-state index in [9.17, 15) is 18.0 Å². The van der Waals surface area contributed by atoms with Crippen LogP contribution in [0, 0.1) is 6.92 Å². The SMILES string of the molecule is Cc1cc([C@@H](C)Nc2ccc(Cl)nc2C(=O)NS(C)(=O)=O)c2nc(N3CCC(c4cc5n(n4)CCO5)CC3)n(C)c(=O)c2c1. The summed E-state index contributed by atoms with van der Waals surface area (Å²) in [5.41, 5.74) is 3.14. The minimum Gasteiger partial charge on any atom is -0.476 e. The van der Waals surface area contributed by atoms with Gasteiger partial charge in [0.2, 0.25) is 21.9 Å². The fourth-order valence-corrected chi connectivity index (χ4v) is 6.49. The summed E-state index contributed by atoms with van der Waals surface area (Å²) in [6.07, 6.45) is 2.62. The van der Waals surface area contributed by atoms with Gasteiger partial charge in [0.1, 0.15) is 11.8 Å². The van der Waals surface area contributed by atoms with Crippen LogP contribution in [0.5, 0.6) is 5.88 Å². The van der Waals surface area contributed by atoms with Crippen LogP contribution in [0.2, 0.25) is 5.15 Å². The van der Waals surface area contributed by atoms with Crippen molar-refractivity contribution in [2.24, 2.45) is 7.05 Å². The van der Waals surface area contributed by atoms with Gasteiger partial charge in [-0.2, -0.15) is 5.10 Å². The average molecular weight is 641 g/mol. The number of ether oxygens (including phenoxy) is 1. The number of benzene rings is 1. The topological polar surface area (TPSA) is 153 Å². The number of aryl methyl sites for hydroxylation is 1. The third kappa shape index (κ3) is 5.83. The highest BCUT2D eigenvalue weighted by molar-refractivity contribution is 7.89. The van der Waals surface area contributed by atoms with Gasteiger partial charge in [-0.15, -0.1) is 0 Å². The first-order valence-electron chi connectivity index (χ1n) is 14.3. The predicted octanol–water partition coefficient (Wildman–Crippen LogP) is 3.13. The highest BCUT2D eigenvalue weighted by Gasteiger charge is 2.28. The van der Waals surface area contributed by atoms with Crippen LogP contribution in [0.4, 0.5) is 11.6 Å². The molecule has 3 aromatic heterocycles. The largest absolute Gasteiger partial charge is 0.476 e. The zero-order valence-electron chi connectivity index (χ0n) is 24.8. The Bertz CT molecular complexity index is 1930. The van der Waals surface area contributed by atoms with Crippen molar-refractivity contribution >= 4 is 50.1 Å². The van der Waals surface area contributed by atoms with Gasteiger partial charge in [0.25, 0.3) is 11.5 Å². The third-order valence-corrected chi connectivity index (χ3v) is 8.80. The highest BCUT2D eigenvalue weighted by Crippen LogP contribution is 2.33.